The predicted octanol–water partition coefficient (Wildman–Crippen LogP) is 11.5. The van der Waals surface area contributed by atoms with Gasteiger partial charge in [0, 0.05) is 27.6 Å². The molecule has 210 valence electrons. The third-order valence-corrected chi connectivity index (χ3v) is 8.97. The lowest BCUT2D eigenvalue weighted by Crippen LogP contribution is -1.95. The molecule has 0 atom stereocenters. The van der Waals surface area contributed by atoms with E-state index in [2.05, 4.69) is 168 Å². The number of hydrogen-bond donors (Lipinski definition) is 0. The lowest BCUT2D eigenvalue weighted by Gasteiger charge is -2.12. The van der Waals surface area contributed by atoms with Crippen LogP contribution in [0.5, 0.6) is 0 Å². The predicted molar refractivity (Wildman–Crippen MR) is 190 cm³/mol. The van der Waals surface area contributed by atoms with Crippen LogP contribution in [0.25, 0.3) is 82.7 Å². The Balaban J connectivity index is 1.24. The first-order valence-corrected chi connectivity index (χ1v) is 15.4. The largest absolute Gasteiger partial charge is 0.309 e. The van der Waals surface area contributed by atoms with Gasteiger partial charge in [0.1, 0.15) is 0 Å². The van der Waals surface area contributed by atoms with E-state index < -0.39 is 0 Å². The topological polar surface area (TPSA) is 17.8 Å². The Morgan fingerprint density at radius 1 is 0.356 bits per heavy atom. The van der Waals surface area contributed by atoms with Crippen LogP contribution in [0.4, 0.5) is 0 Å². The lowest BCUT2D eigenvalue weighted by atomic mass is 10.00. The highest BCUT2D eigenvalue weighted by Gasteiger charge is 2.17. The maximum atomic E-state index is 5.15. The van der Waals surface area contributed by atoms with Gasteiger partial charge in [0.15, 0.2) is 0 Å². The molecular weight excluding hydrogens is 544 g/mol. The molecule has 2 aromatic heterocycles. The van der Waals surface area contributed by atoms with Crippen LogP contribution < -0.4 is 0 Å². The highest BCUT2D eigenvalue weighted by atomic mass is 15.0. The maximum Gasteiger partial charge on any atom is 0.0715 e. The van der Waals surface area contributed by atoms with Crippen molar-refractivity contribution >= 4 is 43.4 Å². The summed E-state index contributed by atoms with van der Waals surface area (Å²) in [5.74, 6) is 0. The van der Waals surface area contributed by atoms with E-state index in [-0.39, 0.29) is 0 Å². The summed E-state index contributed by atoms with van der Waals surface area (Å²) in [6, 6.07) is 60.7. The van der Waals surface area contributed by atoms with E-state index in [1.165, 1.54) is 48.9 Å². The summed E-state index contributed by atoms with van der Waals surface area (Å²) >= 11 is 0. The van der Waals surface area contributed by atoms with Crippen molar-refractivity contribution in [3.05, 3.63) is 170 Å². The molecule has 9 rings (SSSR count). The standard InChI is InChI=1S/C43H28N2/c1-3-11-29(12-4-1)34-27-38(32-15-5-2-6-16-32)44-39(28-34)33-19-23-35(24-20-33)45-40-25-21-30-13-7-9-17-36(30)42(40)43-37-18-10-8-14-31(37)22-26-41(43)45/h1-28H. The third kappa shape index (κ3) is 4.22. The van der Waals surface area contributed by atoms with E-state index >= 15 is 0 Å². The summed E-state index contributed by atoms with van der Waals surface area (Å²) in [7, 11) is 0. The number of fused-ring (bicyclic) bond motifs is 7. The van der Waals surface area contributed by atoms with Gasteiger partial charge in [0.05, 0.1) is 22.4 Å². The van der Waals surface area contributed by atoms with Crippen molar-refractivity contribution < 1.29 is 0 Å². The average Bonchev–Trinajstić information content (AvgIpc) is 3.48. The second-order valence-electron chi connectivity index (χ2n) is 11.6. The van der Waals surface area contributed by atoms with Gasteiger partial charge in [-0.25, -0.2) is 4.98 Å². The minimum Gasteiger partial charge on any atom is -0.309 e. The normalized spacial score (nSPS) is 11.6. The number of hydrogen-bond acceptors (Lipinski definition) is 1. The van der Waals surface area contributed by atoms with E-state index in [1.807, 2.05) is 6.07 Å². The molecule has 0 aliphatic carbocycles. The van der Waals surface area contributed by atoms with Crippen molar-refractivity contribution in [1.29, 1.82) is 0 Å². The molecule has 2 nitrogen and oxygen atoms in total. The second-order valence-corrected chi connectivity index (χ2v) is 11.6. The van der Waals surface area contributed by atoms with Crippen LogP contribution in [0.15, 0.2) is 170 Å². The monoisotopic (exact) mass is 572 g/mol. The summed E-state index contributed by atoms with van der Waals surface area (Å²) in [6.45, 7) is 0. The minimum absolute atomic E-state index is 0.959. The lowest BCUT2D eigenvalue weighted by molar-refractivity contribution is 1.18. The smallest absolute Gasteiger partial charge is 0.0715 e. The van der Waals surface area contributed by atoms with E-state index in [1.54, 1.807) is 0 Å². The van der Waals surface area contributed by atoms with Gasteiger partial charge < -0.3 is 4.57 Å². The molecule has 7 aromatic carbocycles. The second kappa shape index (κ2) is 10.3. The summed E-state index contributed by atoms with van der Waals surface area (Å²) in [5.41, 5.74) is 10.0. The van der Waals surface area contributed by atoms with Crippen LogP contribution in [0.3, 0.4) is 0 Å². The van der Waals surface area contributed by atoms with Crippen LogP contribution in [0, 0.1) is 0 Å². The Labute approximate surface area is 261 Å². The molecule has 0 spiro atoms. The molecular formula is C43H28N2. The molecule has 0 radical (unpaired) electrons. The van der Waals surface area contributed by atoms with Crippen LogP contribution in [0.1, 0.15) is 0 Å². The van der Waals surface area contributed by atoms with Gasteiger partial charge in [-0.15, -0.1) is 0 Å². The summed E-state index contributed by atoms with van der Waals surface area (Å²) < 4.78 is 2.41. The Morgan fingerprint density at radius 2 is 0.822 bits per heavy atom. The summed E-state index contributed by atoms with van der Waals surface area (Å²) in [4.78, 5) is 5.15. The first-order valence-electron chi connectivity index (χ1n) is 15.4. The van der Waals surface area contributed by atoms with Gasteiger partial charge in [0.25, 0.3) is 0 Å². The van der Waals surface area contributed by atoms with Gasteiger partial charge in [-0.1, -0.05) is 133 Å². The zero-order valence-corrected chi connectivity index (χ0v) is 24.6. The number of benzene rings is 7. The van der Waals surface area contributed by atoms with Crippen molar-refractivity contribution in [1.82, 2.24) is 9.55 Å². The zero-order chi connectivity index (χ0) is 29.7. The Bertz CT molecular complexity index is 2360. The molecule has 45 heavy (non-hydrogen) atoms. The Kier molecular flexibility index (Phi) is 5.85. The maximum absolute atomic E-state index is 5.15. The van der Waals surface area contributed by atoms with Gasteiger partial charge >= 0.3 is 0 Å². The number of pyridine rings is 1. The van der Waals surface area contributed by atoms with Crippen LogP contribution >= 0.6 is 0 Å². The fourth-order valence-electron chi connectivity index (χ4n) is 6.84. The summed E-state index contributed by atoms with van der Waals surface area (Å²) in [6.07, 6.45) is 0. The van der Waals surface area contributed by atoms with E-state index in [4.69, 9.17) is 4.98 Å². The van der Waals surface area contributed by atoms with Gasteiger partial charge in [0.2, 0.25) is 0 Å². The molecule has 0 N–H and O–H groups in total. The highest BCUT2D eigenvalue weighted by molar-refractivity contribution is 6.28. The molecule has 0 aliphatic rings. The zero-order valence-electron chi connectivity index (χ0n) is 24.6. The summed E-state index contributed by atoms with van der Waals surface area (Å²) in [5, 5.41) is 7.67. The molecule has 0 bridgehead atoms. The molecule has 0 amide bonds. The molecule has 0 saturated heterocycles. The fraction of sp³-hybridized carbons (Fsp3) is 0. The fourth-order valence-corrected chi connectivity index (χ4v) is 6.84. The molecule has 2 heteroatoms. The quantitative estimate of drug-likeness (QED) is 0.205. The van der Waals surface area contributed by atoms with Crippen molar-refractivity contribution in [3.8, 4) is 39.3 Å². The SMILES string of the molecule is c1ccc(-c2cc(-c3ccccc3)nc(-c3ccc(-n4c5ccc6ccccc6c5c5c6ccccc6ccc54)cc3)c2)cc1. The molecule has 2 heterocycles. The first kappa shape index (κ1) is 25.5. The third-order valence-electron chi connectivity index (χ3n) is 8.97. The number of rotatable bonds is 4. The number of nitrogens with zero attached hydrogens (tertiary/aromatic N) is 2. The van der Waals surface area contributed by atoms with Crippen molar-refractivity contribution in [3.63, 3.8) is 0 Å². The minimum atomic E-state index is 0.959. The van der Waals surface area contributed by atoms with E-state index in [0.717, 1.165) is 33.8 Å². The van der Waals surface area contributed by atoms with E-state index in [9.17, 15) is 0 Å². The molecule has 9 aromatic rings. The van der Waals surface area contributed by atoms with Crippen molar-refractivity contribution in [2.45, 2.75) is 0 Å². The Morgan fingerprint density at radius 3 is 1.38 bits per heavy atom. The van der Waals surface area contributed by atoms with Crippen LogP contribution in [-0.2, 0) is 0 Å². The molecule has 0 saturated carbocycles. The van der Waals surface area contributed by atoms with Crippen molar-refractivity contribution in [2.75, 3.05) is 0 Å². The van der Waals surface area contributed by atoms with E-state index in [0.29, 0.717) is 0 Å². The van der Waals surface area contributed by atoms with Crippen molar-refractivity contribution in [2.24, 2.45) is 0 Å². The number of aromatic nitrogens is 2. The Hall–Kier alpha value is -5.99. The molecule has 0 unspecified atom stereocenters. The first-order chi connectivity index (χ1) is 22.3. The average molecular weight is 573 g/mol. The molecule has 0 fully saturated rings. The molecule has 0 aliphatic heterocycles. The van der Waals surface area contributed by atoms with Gasteiger partial charge in [-0.05, 0) is 69.1 Å². The highest BCUT2D eigenvalue weighted by Crippen LogP contribution is 2.40. The van der Waals surface area contributed by atoms with Crippen LogP contribution in [0.2, 0.25) is 0 Å². The van der Waals surface area contributed by atoms with Gasteiger partial charge in [-0.3, -0.25) is 0 Å². The van der Waals surface area contributed by atoms with Crippen LogP contribution in [-0.4, -0.2) is 9.55 Å². The van der Waals surface area contributed by atoms with Gasteiger partial charge in [-0.2, -0.15) is 0 Å².